The summed E-state index contributed by atoms with van der Waals surface area (Å²) in [5.74, 6) is 0.493. The summed E-state index contributed by atoms with van der Waals surface area (Å²) in [7, 11) is -4.05. The Morgan fingerprint density at radius 1 is 0.926 bits per heavy atom. The number of carboxylic acids is 1. The van der Waals surface area contributed by atoms with Crippen molar-refractivity contribution in [2.24, 2.45) is 0 Å². The third-order valence-corrected chi connectivity index (χ3v) is 14.4. The fourth-order valence-corrected chi connectivity index (χ4v) is 3.90. The van der Waals surface area contributed by atoms with Crippen LogP contribution >= 0.6 is 0 Å². The first-order valence-electron chi connectivity index (χ1n) is 9.39. The second-order valence-electron chi connectivity index (χ2n) is 10.1. The number of hydrogen-bond acceptors (Lipinski definition) is 3. The minimum absolute atomic E-state index is 0.0388. The predicted octanol–water partition coefficient (Wildman–Crippen LogP) is 6.55. The van der Waals surface area contributed by atoms with E-state index in [0.717, 1.165) is 17.4 Å². The molecule has 0 aliphatic rings. The Morgan fingerprint density at radius 2 is 1.41 bits per heavy atom. The summed E-state index contributed by atoms with van der Waals surface area (Å²) in [5, 5.41) is 9.12. The van der Waals surface area contributed by atoms with Gasteiger partial charge in [0, 0.05) is 17.7 Å². The molecule has 0 bridgehead atoms. The molecule has 0 heterocycles. The molecule has 152 valence electrons. The van der Waals surface area contributed by atoms with Crippen LogP contribution in [0.3, 0.4) is 0 Å². The van der Waals surface area contributed by atoms with Crippen LogP contribution in [-0.2, 0) is 4.79 Å². The zero-order chi connectivity index (χ0) is 21.3. The summed E-state index contributed by atoms with van der Waals surface area (Å²) < 4.78 is 12.9. The zero-order valence-corrected chi connectivity index (χ0v) is 20.6. The van der Waals surface area contributed by atoms with Crippen molar-refractivity contribution in [1.82, 2.24) is 0 Å². The first kappa shape index (κ1) is 23.5. The quantitative estimate of drug-likeness (QED) is 0.428. The van der Waals surface area contributed by atoms with Crippen LogP contribution in [0, 0.1) is 0 Å². The molecule has 0 atom stereocenters. The molecule has 1 aromatic rings. The Bertz CT molecular complexity index is 708. The Hall–Kier alpha value is -1.54. The Labute approximate surface area is 166 Å². The van der Waals surface area contributed by atoms with Crippen LogP contribution in [0.2, 0.25) is 36.3 Å². The molecule has 0 amide bonds. The summed E-state index contributed by atoms with van der Waals surface area (Å²) in [5.41, 5.74) is 0.754. The SMILES string of the molecule is CC(C)(C)[Si](C)(C)Oc1ccc(/C=C/C(=O)O)c(O[Si](C)(C)C(C)(C)C)c1. The Balaban J connectivity index is 3.36. The molecule has 1 aromatic carbocycles. The molecular weight excluding hydrogens is 372 g/mol. The number of aliphatic carboxylic acids is 1. The molecule has 0 fully saturated rings. The van der Waals surface area contributed by atoms with E-state index in [9.17, 15) is 4.79 Å². The molecule has 6 heteroatoms. The van der Waals surface area contributed by atoms with Crippen LogP contribution in [0.1, 0.15) is 47.1 Å². The maximum atomic E-state index is 11.0. The van der Waals surface area contributed by atoms with Crippen LogP contribution in [0.25, 0.3) is 6.08 Å². The first-order valence-corrected chi connectivity index (χ1v) is 15.2. The molecule has 0 aromatic heterocycles. The lowest BCUT2D eigenvalue weighted by atomic mass is 10.2. The molecule has 1 rings (SSSR count). The maximum Gasteiger partial charge on any atom is 0.328 e. The van der Waals surface area contributed by atoms with Crippen molar-refractivity contribution in [2.75, 3.05) is 0 Å². The van der Waals surface area contributed by atoms with E-state index in [2.05, 4.69) is 67.7 Å². The molecule has 1 N–H and O–H groups in total. The normalized spacial score (nSPS) is 13.7. The standard InChI is InChI=1S/C21H36O4Si2/c1-20(2,3)26(7,8)24-17-13-11-16(12-14-19(22)23)18(15-17)25-27(9,10)21(4,5)6/h11-15H,1-10H3,(H,22,23)/b14-12+. The lowest BCUT2D eigenvalue weighted by Gasteiger charge is -2.38. The molecular formula is C21H36O4Si2. The molecule has 0 spiro atoms. The molecule has 0 aliphatic carbocycles. The highest BCUT2D eigenvalue weighted by molar-refractivity contribution is 6.75. The monoisotopic (exact) mass is 408 g/mol. The smallest absolute Gasteiger partial charge is 0.328 e. The Kier molecular flexibility index (Phi) is 6.82. The van der Waals surface area contributed by atoms with Crippen molar-refractivity contribution in [3.05, 3.63) is 29.8 Å². The third kappa shape index (κ3) is 6.24. The molecule has 0 saturated heterocycles. The van der Waals surface area contributed by atoms with E-state index in [1.165, 1.54) is 0 Å². The minimum atomic E-state index is -2.08. The van der Waals surface area contributed by atoms with Crippen molar-refractivity contribution >= 4 is 28.7 Å². The van der Waals surface area contributed by atoms with Crippen LogP contribution in [0.4, 0.5) is 0 Å². The first-order chi connectivity index (χ1) is 12.0. The van der Waals surface area contributed by atoms with Crippen LogP contribution in [-0.4, -0.2) is 27.7 Å². The van der Waals surface area contributed by atoms with Gasteiger partial charge in [0.1, 0.15) is 11.5 Å². The van der Waals surface area contributed by atoms with Crippen molar-refractivity contribution in [1.29, 1.82) is 0 Å². The fraction of sp³-hybridized carbons (Fsp3) is 0.571. The van der Waals surface area contributed by atoms with E-state index < -0.39 is 22.6 Å². The lowest BCUT2D eigenvalue weighted by molar-refractivity contribution is -0.131. The molecule has 0 saturated carbocycles. The second-order valence-corrected chi connectivity index (χ2v) is 19.5. The van der Waals surface area contributed by atoms with Gasteiger partial charge in [0.15, 0.2) is 0 Å². The van der Waals surface area contributed by atoms with Gasteiger partial charge in [0.05, 0.1) is 0 Å². The highest BCUT2D eigenvalue weighted by Gasteiger charge is 2.40. The van der Waals surface area contributed by atoms with Gasteiger partial charge < -0.3 is 14.0 Å². The fourth-order valence-electron chi connectivity index (χ4n) is 1.84. The van der Waals surface area contributed by atoms with Crippen LogP contribution < -0.4 is 8.85 Å². The number of rotatable bonds is 6. The van der Waals surface area contributed by atoms with E-state index in [1.807, 2.05) is 18.2 Å². The van der Waals surface area contributed by atoms with E-state index in [1.54, 1.807) is 6.08 Å². The van der Waals surface area contributed by atoms with Gasteiger partial charge in [-0.05, 0) is 54.5 Å². The molecule has 27 heavy (non-hydrogen) atoms. The maximum absolute atomic E-state index is 11.0. The summed E-state index contributed by atoms with van der Waals surface area (Å²) >= 11 is 0. The van der Waals surface area contributed by atoms with Gasteiger partial charge in [-0.3, -0.25) is 0 Å². The molecule has 0 aliphatic heterocycles. The molecule has 4 nitrogen and oxygen atoms in total. The number of benzene rings is 1. The molecule has 0 unspecified atom stereocenters. The lowest BCUT2D eigenvalue weighted by Crippen LogP contribution is -2.44. The van der Waals surface area contributed by atoms with Gasteiger partial charge in [-0.1, -0.05) is 41.5 Å². The van der Waals surface area contributed by atoms with E-state index in [-0.39, 0.29) is 10.1 Å². The topological polar surface area (TPSA) is 55.8 Å². The zero-order valence-electron chi connectivity index (χ0n) is 18.6. The van der Waals surface area contributed by atoms with Crippen molar-refractivity contribution in [2.45, 2.75) is 77.8 Å². The van der Waals surface area contributed by atoms with Crippen LogP contribution in [0.5, 0.6) is 11.5 Å². The largest absolute Gasteiger partial charge is 0.543 e. The van der Waals surface area contributed by atoms with Crippen molar-refractivity contribution in [3.8, 4) is 11.5 Å². The van der Waals surface area contributed by atoms with Crippen LogP contribution in [0.15, 0.2) is 24.3 Å². The van der Waals surface area contributed by atoms with Crippen molar-refractivity contribution in [3.63, 3.8) is 0 Å². The van der Waals surface area contributed by atoms with Gasteiger partial charge in [0.2, 0.25) is 8.32 Å². The average Bonchev–Trinajstić information content (AvgIpc) is 2.43. The average molecular weight is 409 g/mol. The van der Waals surface area contributed by atoms with Gasteiger partial charge in [-0.25, -0.2) is 4.79 Å². The number of carbonyl (C=O) groups is 1. The summed E-state index contributed by atoms with van der Waals surface area (Å²) in [6, 6.07) is 5.70. The van der Waals surface area contributed by atoms with Gasteiger partial charge in [-0.15, -0.1) is 0 Å². The second kappa shape index (κ2) is 7.83. The van der Waals surface area contributed by atoms with E-state index in [0.29, 0.717) is 5.75 Å². The highest BCUT2D eigenvalue weighted by Crippen LogP contribution is 2.41. The van der Waals surface area contributed by atoms with Gasteiger partial charge >= 0.3 is 5.97 Å². The number of carboxylic acid groups (broad SMARTS) is 1. The van der Waals surface area contributed by atoms with E-state index in [4.69, 9.17) is 14.0 Å². The summed E-state index contributed by atoms with van der Waals surface area (Å²) in [6.07, 6.45) is 2.73. The number of hydrogen-bond donors (Lipinski definition) is 1. The summed E-state index contributed by atoms with van der Waals surface area (Å²) in [4.78, 5) is 11.0. The van der Waals surface area contributed by atoms with Gasteiger partial charge in [-0.2, -0.15) is 0 Å². The summed E-state index contributed by atoms with van der Waals surface area (Å²) in [6.45, 7) is 21.9. The minimum Gasteiger partial charge on any atom is -0.543 e. The Morgan fingerprint density at radius 3 is 1.85 bits per heavy atom. The van der Waals surface area contributed by atoms with Gasteiger partial charge in [0.25, 0.3) is 8.32 Å². The third-order valence-electron chi connectivity index (χ3n) is 5.74. The highest BCUT2D eigenvalue weighted by atomic mass is 28.4. The molecule has 0 radical (unpaired) electrons. The predicted molar refractivity (Wildman–Crippen MR) is 119 cm³/mol. The van der Waals surface area contributed by atoms with E-state index >= 15 is 0 Å². The van der Waals surface area contributed by atoms with Crippen molar-refractivity contribution < 1.29 is 18.8 Å².